The van der Waals surface area contributed by atoms with Crippen LogP contribution in [-0.4, -0.2) is 29.2 Å². The van der Waals surface area contributed by atoms with Gasteiger partial charge < -0.3 is 4.90 Å². The summed E-state index contributed by atoms with van der Waals surface area (Å²) in [6.07, 6.45) is 11.4. The molecule has 1 saturated heterocycles. The molecule has 92 valence electrons. The second-order valence-electron chi connectivity index (χ2n) is 4.72. The van der Waals surface area contributed by atoms with Crippen molar-refractivity contribution in [3.63, 3.8) is 0 Å². The maximum Gasteiger partial charge on any atom is 0.291 e. The molecule has 0 spiro atoms. The Morgan fingerprint density at radius 3 is 2.59 bits per heavy atom. The highest BCUT2D eigenvalue weighted by Gasteiger charge is 2.32. The zero-order valence-electron chi connectivity index (χ0n) is 10.3. The monoisotopic (exact) mass is 233 g/mol. The maximum absolute atomic E-state index is 12.2. The Hall–Kier alpha value is -1.38. The molecule has 1 fully saturated rings. The standard InChI is InChI=1S/C14H19NO2/c1-2-12-9-5-6-10-15(12)14(17)13(16)11-7-3-4-8-11/h3-4,7-8,11-12H,2,5-6,9-10H2,1H3. The minimum atomic E-state index is -0.332. The van der Waals surface area contributed by atoms with Gasteiger partial charge in [0.25, 0.3) is 5.91 Å². The first-order chi connectivity index (χ1) is 8.24. The van der Waals surface area contributed by atoms with Crippen molar-refractivity contribution in [2.75, 3.05) is 6.54 Å². The first-order valence-corrected chi connectivity index (χ1v) is 6.44. The highest BCUT2D eigenvalue weighted by Crippen LogP contribution is 2.21. The Morgan fingerprint density at radius 1 is 1.24 bits per heavy atom. The SMILES string of the molecule is CCC1CCCCN1C(=O)C(=O)C1C=CC=C1. The van der Waals surface area contributed by atoms with E-state index in [1.807, 2.05) is 12.2 Å². The van der Waals surface area contributed by atoms with E-state index in [0.717, 1.165) is 25.8 Å². The van der Waals surface area contributed by atoms with Crippen LogP contribution in [-0.2, 0) is 9.59 Å². The van der Waals surface area contributed by atoms with Crippen LogP contribution in [0.15, 0.2) is 24.3 Å². The molecular weight excluding hydrogens is 214 g/mol. The summed E-state index contributed by atoms with van der Waals surface area (Å²) in [5.41, 5.74) is 0. The molecule has 17 heavy (non-hydrogen) atoms. The number of allylic oxidation sites excluding steroid dienone is 4. The maximum atomic E-state index is 12.2. The third-order valence-electron chi connectivity index (χ3n) is 3.62. The zero-order chi connectivity index (χ0) is 12.3. The lowest BCUT2D eigenvalue weighted by Gasteiger charge is -2.35. The smallest absolute Gasteiger partial charge is 0.291 e. The molecule has 3 nitrogen and oxygen atoms in total. The lowest BCUT2D eigenvalue weighted by molar-refractivity contribution is -0.147. The van der Waals surface area contributed by atoms with Crippen LogP contribution in [0.2, 0.25) is 0 Å². The summed E-state index contributed by atoms with van der Waals surface area (Å²) in [4.78, 5) is 26.0. The number of likely N-dealkylation sites (tertiary alicyclic amines) is 1. The third-order valence-corrected chi connectivity index (χ3v) is 3.62. The Kier molecular flexibility index (Phi) is 3.77. The predicted octanol–water partition coefficient (Wildman–Crippen LogP) is 2.09. The average Bonchev–Trinajstić information content (AvgIpc) is 2.90. The number of rotatable bonds is 3. The van der Waals surface area contributed by atoms with Crippen LogP contribution in [0.4, 0.5) is 0 Å². The molecule has 1 heterocycles. The van der Waals surface area contributed by atoms with Crippen LogP contribution < -0.4 is 0 Å². The van der Waals surface area contributed by atoms with E-state index in [-0.39, 0.29) is 23.7 Å². The van der Waals surface area contributed by atoms with Gasteiger partial charge in [0.15, 0.2) is 0 Å². The largest absolute Gasteiger partial charge is 0.333 e. The van der Waals surface area contributed by atoms with Gasteiger partial charge in [0, 0.05) is 12.6 Å². The van der Waals surface area contributed by atoms with Gasteiger partial charge in [-0.1, -0.05) is 31.2 Å². The number of nitrogens with zero attached hydrogens (tertiary/aromatic N) is 1. The van der Waals surface area contributed by atoms with Crippen LogP contribution in [0.25, 0.3) is 0 Å². The Balaban J connectivity index is 2.04. The summed E-state index contributed by atoms with van der Waals surface area (Å²) in [6.45, 7) is 2.82. The number of hydrogen-bond donors (Lipinski definition) is 0. The van der Waals surface area contributed by atoms with E-state index >= 15 is 0 Å². The van der Waals surface area contributed by atoms with Gasteiger partial charge in [0.05, 0.1) is 5.92 Å². The van der Waals surface area contributed by atoms with Gasteiger partial charge in [-0.25, -0.2) is 0 Å². The number of carbonyl (C=O) groups is 2. The van der Waals surface area contributed by atoms with Gasteiger partial charge in [0.1, 0.15) is 0 Å². The lowest BCUT2D eigenvalue weighted by atomic mass is 9.97. The van der Waals surface area contributed by atoms with Gasteiger partial charge in [0.2, 0.25) is 5.78 Å². The van der Waals surface area contributed by atoms with Crippen molar-refractivity contribution < 1.29 is 9.59 Å². The first kappa shape index (κ1) is 12.1. The van der Waals surface area contributed by atoms with E-state index in [1.54, 1.807) is 17.1 Å². The van der Waals surface area contributed by atoms with E-state index in [0.29, 0.717) is 0 Å². The minimum Gasteiger partial charge on any atom is -0.333 e. The molecule has 0 aromatic heterocycles. The molecule has 1 unspecified atom stereocenters. The number of carbonyl (C=O) groups excluding carboxylic acids is 2. The normalized spacial score (nSPS) is 24.3. The van der Waals surface area contributed by atoms with Crippen molar-refractivity contribution >= 4 is 11.7 Å². The van der Waals surface area contributed by atoms with Crippen molar-refractivity contribution in [2.24, 2.45) is 5.92 Å². The number of ketones is 1. The second kappa shape index (κ2) is 5.30. The highest BCUT2D eigenvalue weighted by atomic mass is 16.2. The number of hydrogen-bond acceptors (Lipinski definition) is 2. The van der Waals surface area contributed by atoms with E-state index in [1.165, 1.54) is 6.42 Å². The Bertz CT molecular complexity index is 358. The summed E-state index contributed by atoms with van der Waals surface area (Å²) in [5, 5.41) is 0. The Labute approximate surface area is 102 Å². The number of amides is 1. The minimum absolute atomic E-state index is 0.259. The van der Waals surface area contributed by atoms with Gasteiger partial charge in [-0.2, -0.15) is 0 Å². The quantitative estimate of drug-likeness (QED) is 0.700. The van der Waals surface area contributed by atoms with E-state index in [4.69, 9.17) is 0 Å². The summed E-state index contributed by atoms with van der Waals surface area (Å²) in [7, 11) is 0. The molecule has 1 aliphatic heterocycles. The number of piperidine rings is 1. The molecule has 2 aliphatic rings. The van der Waals surface area contributed by atoms with E-state index in [9.17, 15) is 9.59 Å². The average molecular weight is 233 g/mol. The summed E-state index contributed by atoms with van der Waals surface area (Å²) >= 11 is 0. The van der Waals surface area contributed by atoms with Crippen molar-refractivity contribution in [2.45, 2.75) is 38.6 Å². The fraction of sp³-hybridized carbons (Fsp3) is 0.571. The van der Waals surface area contributed by atoms with Crippen molar-refractivity contribution in [1.29, 1.82) is 0 Å². The Morgan fingerprint density at radius 2 is 1.94 bits per heavy atom. The van der Waals surface area contributed by atoms with Crippen LogP contribution in [0.1, 0.15) is 32.6 Å². The first-order valence-electron chi connectivity index (χ1n) is 6.44. The second-order valence-corrected chi connectivity index (χ2v) is 4.72. The molecule has 1 atom stereocenters. The molecule has 1 aliphatic carbocycles. The highest BCUT2D eigenvalue weighted by molar-refractivity contribution is 6.37. The summed E-state index contributed by atoms with van der Waals surface area (Å²) in [5.74, 6) is -0.907. The molecule has 3 heteroatoms. The van der Waals surface area contributed by atoms with Crippen LogP contribution >= 0.6 is 0 Å². The fourth-order valence-corrected chi connectivity index (χ4v) is 2.58. The van der Waals surface area contributed by atoms with Crippen LogP contribution in [0.5, 0.6) is 0 Å². The molecule has 0 aromatic rings. The molecule has 0 aromatic carbocycles. The molecule has 0 N–H and O–H groups in total. The van der Waals surface area contributed by atoms with Crippen LogP contribution in [0.3, 0.4) is 0 Å². The van der Waals surface area contributed by atoms with E-state index in [2.05, 4.69) is 6.92 Å². The summed E-state index contributed by atoms with van der Waals surface area (Å²) in [6, 6.07) is 0.259. The molecular formula is C14H19NO2. The van der Waals surface area contributed by atoms with Crippen molar-refractivity contribution in [1.82, 2.24) is 4.90 Å². The van der Waals surface area contributed by atoms with Gasteiger partial charge >= 0.3 is 0 Å². The number of Topliss-reactive ketones (excluding diaryl/α,β-unsaturated/α-hetero) is 1. The lowest BCUT2D eigenvalue weighted by Crippen LogP contribution is -2.47. The predicted molar refractivity (Wildman–Crippen MR) is 66.4 cm³/mol. The molecule has 0 saturated carbocycles. The van der Waals surface area contributed by atoms with Crippen LogP contribution in [0, 0.1) is 5.92 Å². The zero-order valence-corrected chi connectivity index (χ0v) is 10.3. The molecule has 0 radical (unpaired) electrons. The van der Waals surface area contributed by atoms with Gasteiger partial charge in [-0.15, -0.1) is 0 Å². The van der Waals surface area contributed by atoms with E-state index < -0.39 is 0 Å². The van der Waals surface area contributed by atoms with Gasteiger partial charge in [-0.05, 0) is 25.7 Å². The summed E-state index contributed by atoms with van der Waals surface area (Å²) < 4.78 is 0. The molecule has 1 amide bonds. The van der Waals surface area contributed by atoms with Gasteiger partial charge in [-0.3, -0.25) is 9.59 Å². The topological polar surface area (TPSA) is 37.4 Å². The molecule has 2 rings (SSSR count). The third kappa shape index (κ3) is 2.48. The van der Waals surface area contributed by atoms with Crippen molar-refractivity contribution in [3.8, 4) is 0 Å². The fourth-order valence-electron chi connectivity index (χ4n) is 2.58. The molecule has 0 bridgehead atoms. The van der Waals surface area contributed by atoms with Crippen molar-refractivity contribution in [3.05, 3.63) is 24.3 Å².